The molecule has 2 heterocycles. The predicted octanol–water partition coefficient (Wildman–Crippen LogP) is 2.78. The largest absolute Gasteiger partial charge is 0.483 e. The Morgan fingerprint density at radius 3 is 2.53 bits per heavy atom. The van der Waals surface area contributed by atoms with Gasteiger partial charge in [0, 0.05) is 31.2 Å². The zero-order valence-electron chi connectivity index (χ0n) is 17.6. The number of methoxy groups -OCH3 is 1. The average molecular weight is 455 g/mol. The lowest BCUT2D eigenvalue weighted by Crippen LogP contribution is -2.55. The zero-order chi connectivity index (χ0) is 22.7. The first-order chi connectivity index (χ1) is 15.5. The summed E-state index contributed by atoms with van der Waals surface area (Å²) in [6, 6.07) is 16.6. The standard InChI is InChI=1S/C24H23ClN2O5/c1-31-24(30)19-14-26-10-11-27(13-17-8-5-9-18(25)12-17)23(29)20(26)22(21(19)28)32-15-16-6-3-2-4-7-16/h2-9,12,19H,10-11,13-15H2,1H3. The lowest BCUT2D eigenvalue weighted by molar-refractivity contribution is -0.153. The van der Waals surface area contributed by atoms with E-state index in [0.717, 1.165) is 11.1 Å². The van der Waals surface area contributed by atoms with Crippen LogP contribution in [0.25, 0.3) is 0 Å². The number of rotatable bonds is 6. The van der Waals surface area contributed by atoms with E-state index < -0.39 is 17.7 Å². The van der Waals surface area contributed by atoms with Crippen molar-refractivity contribution in [1.29, 1.82) is 0 Å². The van der Waals surface area contributed by atoms with Crippen molar-refractivity contribution >= 4 is 29.3 Å². The van der Waals surface area contributed by atoms with Crippen LogP contribution in [0.1, 0.15) is 11.1 Å². The smallest absolute Gasteiger partial charge is 0.318 e. The molecular formula is C24H23ClN2O5. The van der Waals surface area contributed by atoms with Gasteiger partial charge in [-0.3, -0.25) is 14.4 Å². The summed E-state index contributed by atoms with van der Waals surface area (Å²) >= 11 is 6.08. The molecule has 0 aromatic heterocycles. The number of carbonyl (C=O) groups excluding carboxylic acids is 3. The molecule has 4 rings (SSSR count). The molecule has 1 unspecified atom stereocenters. The van der Waals surface area contributed by atoms with Gasteiger partial charge in [-0.25, -0.2) is 0 Å². The minimum Gasteiger partial charge on any atom is -0.483 e. The molecule has 1 amide bonds. The summed E-state index contributed by atoms with van der Waals surface area (Å²) in [6.45, 7) is 1.48. The van der Waals surface area contributed by atoms with Gasteiger partial charge < -0.3 is 19.3 Å². The number of fused-ring (bicyclic) bond motifs is 1. The van der Waals surface area contributed by atoms with Crippen LogP contribution in [0, 0.1) is 5.92 Å². The number of hydrogen-bond acceptors (Lipinski definition) is 6. The lowest BCUT2D eigenvalue weighted by Gasteiger charge is -2.41. The maximum absolute atomic E-state index is 13.4. The highest BCUT2D eigenvalue weighted by atomic mass is 35.5. The van der Waals surface area contributed by atoms with Crippen LogP contribution in [-0.2, 0) is 37.0 Å². The van der Waals surface area contributed by atoms with Crippen molar-refractivity contribution < 1.29 is 23.9 Å². The quantitative estimate of drug-likeness (QED) is 0.493. The molecule has 2 aliphatic heterocycles. The topological polar surface area (TPSA) is 76.2 Å². The fourth-order valence-corrected chi connectivity index (χ4v) is 4.15. The molecule has 0 N–H and O–H groups in total. The lowest BCUT2D eigenvalue weighted by atomic mass is 9.94. The van der Waals surface area contributed by atoms with Gasteiger partial charge in [-0.1, -0.05) is 54.1 Å². The van der Waals surface area contributed by atoms with E-state index in [1.807, 2.05) is 48.5 Å². The molecule has 7 nitrogen and oxygen atoms in total. The molecule has 0 saturated carbocycles. The highest BCUT2D eigenvalue weighted by Crippen LogP contribution is 2.30. The third kappa shape index (κ3) is 4.48. The molecule has 0 aliphatic carbocycles. The second-order valence-corrected chi connectivity index (χ2v) is 8.13. The summed E-state index contributed by atoms with van der Waals surface area (Å²) in [4.78, 5) is 42.2. The van der Waals surface area contributed by atoms with E-state index in [2.05, 4.69) is 0 Å². The maximum Gasteiger partial charge on any atom is 0.318 e. The number of piperazine rings is 1. The number of esters is 1. The number of halogens is 1. The Morgan fingerprint density at radius 2 is 1.81 bits per heavy atom. The van der Waals surface area contributed by atoms with E-state index >= 15 is 0 Å². The molecule has 2 aromatic carbocycles. The molecule has 0 radical (unpaired) electrons. The number of carbonyl (C=O) groups is 3. The predicted molar refractivity (Wildman–Crippen MR) is 117 cm³/mol. The number of Topliss-reactive ketones (excluding diaryl/α,β-unsaturated/α-hetero) is 1. The molecule has 8 heteroatoms. The van der Waals surface area contributed by atoms with Crippen molar-refractivity contribution in [2.24, 2.45) is 5.92 Å². The fraction of sp³-hybridized carbons (Fsp3) is 0.292. The van der Waals surface area contributed by atoms with Crippen LogP contribution >= 0.6 is 11.6 Å². The van der Waals surface area contributed by atoms with Gasteiger partial charge in [-0.15, -0.1) is 0 Å². The Bertz CT molecular complexity index is 1070. The Labute approximate surface area is 191 Å². The molecule has 1 saturated heterocycles. The highest BCUT2D eigenvalue weighted by Gasteiger charge is 2.45. The Hall–Kier alpha value is -3.32. The number of benzene rings is 2. The summed E-state index contributed by atoms with van der Waals surface area (Å²) in [5.41, 5.74) is 1.93. The zero-order valence-corrected chi connectivity index (χ0v) is 18.4. The minimum absolute atomic E-state index is 0.0868. The van der Waals surface area contributed by atoms with E-state index in [-0.39, 0.29) is 30.5 Å². The first-order valence-corrected chi connectivity index (χ1v) is 10.7. The monoisotopic (exact) mass is 454 g/mol. The first kappa shape index (κ1) is 21.9. The fourth-order valence-electron chi connectivity index (χ4n) is 3.94. The minimum atomic E-state index is -1.03. The molecule has 0 bridgehead atoms. The maximum atomic E-state index is 13.4. The molecule has 2 aliphatic rings. The number of ketones is 1. The second-order valence-electron chi connectivity index (χ2n) is 7.69. The van der Waals surface area contributed by atoms with Gasteiger partial charge in [0.05, 0.1) is 7.11 Å². The van der Waals surface area contributed by atoms with Crippen molar-refractivity contribution in [3.8, 4) is 0 Å². The molecular weight excluding hydrogens is 432 g/mol. The molecule has 32 heavy (non-hydrogen) atoms. The van der Waals surface area contributed by atoms with Gasteiger partial charge in [-0.2, -0.15) is 0 Å². The van der Waals surface area contributed by atoms with Gasteiger partial charge in [0.1, 0.15) is 18.2 Å². The third-order valence-corrected chi connectivity index (χ3v) is 5.81. The van der Waals surface area contributed by atoms with Crippen molar-refractivity contribution in [2.75, 3.05) is 26.7 Å². The average Bonchev–Trinajstić information content (AvgIpc) is 2.80. The van der Waals surface area contributed by atoms with Gasteiger partial charge in [-0.05, 0) is 23.3 Å². The van der Waals surface area contributed by atoms with Crippen LogP contribution in [0.2, 0.25) is 5.02 Å². The SMILES string of the molecule is COC(=O)C1CN2CCN(Cc3cccc(Cl)c3)C(=O)C2=C(OCc2ccccc2)C1=O. The van der Waals surface area contributed by atoms with E-state index in [0.29, 0.717) is 24.7 Å². The van der Waals surface area contributed by atoms with Crippen molar-refractivity contribution in [1.82, 2.24) is 9.80 Å². The van der Waals surface area contributed by atoms with Gasteiger partial charge in [0.2, 0.25) is 5.78 Å². The summed E-state index contributed by atoms with van der Waals surface area (Å²) in [5, 5.41) is 0.591. The Kier molecular flexibility index (Phi) is 6.46. The number of nitrogens with zero attached hydrogens (tertiary/aromatic N) is 2. The summed E-state index contributed by atoms with van der Waals surface area (Å²) in [5.74, 6) is -2.59. The first-order valence-electron chi connectivity index (χ1n) is 10.3. The number of hydrogen-bond donors (Lipinski definition) is 0. The second kappa shape index (κ2) is 9.44. The molecule has 166 valence electrons. The van der Waals surface area contributed by atoms with E-state index in [9.17, 15) is 14.4 Å². The summed E-state index contributed by atoms with van der Waals surface area (Å²) in [7, 11) is 1.24. The number of ether oxygens (including phenoxy) is 2. The number of allylic oxidation sites excluding steroid dienone is 1. The van der Waals surface area contributed by atoms with Gasteiger partial charge >= 0.3 is 5.97 Å². The van der Waals surface area contributed by atoms with Gasteiger partial charge in [0.25, 0.3) is 5.91 Å². The van der Waals surface area contributed by atoms with Crippen LogP contribution < -0.4 is 0 Å². The molecule has 0 spiro atoms. The van der Waals surface area contributed by atoms with Crippen LogP contribution in [0.4, 0.5) is 0 Å². The summed E-state index contributed by atoms with van der Waals surface area (Å²) in [6.07, 6.45) is 0. The Balaban J connectivity index is 1.65. The van der Waals surface area contributed by atoms with E-state index in [1.54, 1.807) is 15.9 Å². The van der Waals surface area contributed by atoms with Crippen LogP contribution in [0.5, 0.6) is 0 Å². The normalized spacial score (nSPS) is 18.5. The van der Waals surface area contributed by atoms with Crippen LogP contribution in [0.3, 0.4) is 0 Å². The molecule has 1 fully saturated rings. The molecule has 2 aromatic rings. The molecule has 1 atom stereocenters. The third-order valence-electron chi connectivity index (χ3n) is 5.58. The summed E-state index contributed by atoms with van der Waals surface area (Å²) < 4.78 is 10.7. The van der Waals surface area contributed by atoms with E-state index in [4.69, 9.17) is 21.1 Å². The highest BCUT2D eigenvalue weighted by molar-refractivity contribution is 6.30. The van der Waals surface area contributed by atoms with E-state index in [1.165, 1.54) is 7.11 Å². The Morgan fingerprint density at radius 1 is 1.06 bits per heavy atom. The number of amides is 1. The van der Waals surface area contributed by atoms with Crippen LogP contribution in [-0.4, -0.2) is 54.2 Å². The van der Waals surface area contributed by atoms with Crippen molar-refractivity contribution in [2.45, 2.75) is 13.2 Å². The van der Waals surface area contributed by atoms with Gasteiger partial charge in [0.15, 0.2) is 5.76 Å². The van der Waals surface area contributed by atoms with Crippen molar-refractivity contribution in [3.63, 3.8) is 0 Å². The van der Waals surface area contributed by atoms with Crippen molar-refractivity contribution in [3.05, 3.63) is 82.2 Å². The van der Waals surface area contributed by atoms with Crippen LogP contribution in [0.15, 0.2) is 66.1 Å².